The van der Waals surface area contributed by atoms with Gasteiger partial charge in [0, 0.05) is 10.9 Å². The molecule has 0 aliphatic carbocycles. The van der Waals surface area contributed by atoms with Gasteiger partial charge in [-0.15, -0.1) is 0 Å². The fraction of sp³-hybridized carbons (Fsp3) is 0.346. The van der Waals surface area contributed by atoms with Crippen molar-refractivity contribution in [1.82, 2.24) is 4.90 Å². The van der Waals surface area contributed by atoms with E-state index in [0.29, 0.717) is 22.2 Å². The Labute approximate surface area is 193 Å². The van der Waals surface area contributed by atoms with Crippen molar-refractivity contribution < 1.29 is 9.53 Å². The first kappa shape index (κ1) is 22.1. The third kappa shape index (κ3) is 5.60. The molecule has 162 valence electrons. The van der Waals surface area contributed by atoms with E-state index in [2.05, 4.69) is 47.4 Å². The van der Waals surface area contributed by atoms with Crippen LogP contribution in [0.4, 0.5) is 0 Å². The van der Waals surface area contributed by atoms with Crippen LogP contribution in [-0.4, -0.2) is 37.1 Å². The topological polar surface area (TPSA) is 29.5 Å². The Bertz CT molecular complexity index is 1040. The zero-order chi connectivity index (χ0) is 21.6. The highest BCUT2D eigenvalue weighted by atomic mass is 35.5. The number of piperidine rings is 1. The maximum Gasteiger partial charge on any atom is 0.339 e. The predicted octanol–water partition coefficient (Wildman–Crippen LogP) is 6.96. The number of rotatable bonds is 7. The van der Waals surface area contributed by atoms with E-state index in [-0.39, 0.29) is 5.92 Å². The van der Waals surface area contributed by atoms with Crippen molar-refractivity contribution in [1.29, 1.82) is 0 Å². The highest BCUT2D eigenvalue weighted by Crippen LogP contribution is 2.30. The fourth-order valence-corrected chi connectivity index (χ4v) is 4.85. The zero-order valence-electron chi connectivity index (χ0n) is 17.5. The minimum absolute atomic E-state index is 0.114. The lowest BCUT2D eigenvalue weighted by atomic mass is 9.91. The number of fused-ring (bicyclic) bond motifs is 1. The minimum Gasteiger partial charge on any atom is -0.461 e. The molecule has 4 rings (SSSR count). The predicted molar refractivity (Wildman–Crippen MR) is 128 cm³/mol. The average Bonchev–Trinajstić information content (AvgIpc) is 2.79. The SMILES string of the molecule is O=C(OCC(CCN1CCCCC1)c1cccc2ccccc12)c1ccc(Cl)cc1Cl. The zero-order valence-corrected chi connectivity index (χ0v) is 19.0. The number of benzene rings is 3. The molecule has 31 heavy (non-hydrogen) atoms. The summed E-state index contributed by atoms with van der Waals surface area (Å²) in [6, 6.07) is 19.6. The van der Waals surface area contributed by atoms with Crippen LogP contribution in [0.25, 0.3) is 10.8 Å². The van der Waals surface area contributed by atoms with E-state index in [1.165, 1.54) is 35.6 Å². The van der Waals surface area contributed by atoms with Crippen molar-refractivity contribution in [2.24, 2.45) is 0 Å². The summed E-state index contributed by atoms with van der Waals surface area (Å²) in [6.45, 7) is 3.64. The van der Waals surface area contributed by atoms with Crippen LogP contribution in [0, 0.1) is 0 Å². The number of ether oxygens (including phenoxy) is 1. The molecule has 0 N–H and O–H groups in total. The molecule has 0 spiro atoms. The Kier molecular flexibility index (Phi) is 7.49. The van der Waals surface area contributed by atoms with Gasteiger partial charge in [0.2, 0.25) is 0 Å². The largest absolute Gasteiger partial charge is 0.461 e. The number of halogens is 2. The van der Waals surface area contributed by atoms with Gasteiger partial charge in [0.05, 0.1) is 17.2 Å². The highest BCUT2D eigenvalue weighted by molar-refractivity contribution is 6.36. The van der Waals surface area contributed by atoms with E-state index in [4.69, 9.17) is 27.9 Å². The summed E-state index contributed by atoms with van der Waals surface area (Å²) in [4.78, 5) is 15.2. The maximum atomic E-state index is 12.7. The number of hydrogen-bond donors (Lipinski definition) is 0. The van der Waals surface area contributed by atoms with Gasteiger partial charge in [-0.05, 0) is 73.4 Å². The van der Waals surface area contributed by atoms with Gasteiger partial charge in [0.25, 0.3) is 0 Å². The van der Waals surface area contributed by atoms with E-state index in [9.17, 15) is 4.79 Å². The van der Waals surface area contributed by atoms with Gasteiger partial charge in [-0.3, -0.25) is 0 Å². The van der Waals surface area contributed by atoms with Crippen LogP contribution >= 0.6 is 23.2 Å². The molecule has 5 heteroatoms. The molecule has 3 aromatic rings. The molecule has 3 nitrogen and oxygen atoms in total. The molecule has 0 amide bonds. The smallest absolute Gasteiger partial charge is 0.339 e. The van der Waals surface area contributed by atoms with Gasteiger partial charge < -0.3 is 9.64 Å². The first-order valence-electron chi connectivity index (χ1n) is 10.9. The van der Waals surface area contributed by atoms with Crippen molar-refractivity contribution >= 4 is 39.9 Å². The molecule has 1 unspecified atom stereocenters. The van der Waals surface area contributed by atoms with Crippen molar-refractivity contribution in [2.45, 2.75) is 31.6 Å². The number of hydrogen-bond acceptors (Lipinski definition) is 3. The quantitative estimate of drug-likeness (QED) is 0.360. The van der Waals surface area contributed by atoms with Crippen LogP contribution in [0.2, 0.25) is 10.0 Å². The second kappa shape index (κ2) is 10.5. The molecule has 0 aromatic heterocycles. The summed E-state index contributed by atoms with van der Waals surface area (Å²) >= 11 is 12.2. The summed E-state index contributed by atoms with van der Waals surface area (Å²) in [6.07, 6.45) is 4.80. The van der Waals surface area contributed by atoms with Crippen LogP contribution in [0.15, 0.2) is 60.7 Å². The monoisotopic (exact) mass is 455 g/mol. The lowest BCUT2D eigenvalue weighted by Crippen LogP contribution is -2.32. The molecule has 1 saturated heterocycles. The molecule has 1 fully saturated rings. The van der Waals surface area contributed by atoms with Crippen LogP contribution in [0.1, 0.15) is 47.5 Å². The van der Waals surface area contributed by atoms with Crippen molar-refractivity contribution in [3.8, 4) is 0 Å². The van der Waals surface area contributed by atoms with Crippen LogP contribution in [0.5, 0.6) is 0 Å². The average molecular weight is 456 g/mol. The summed E-state index contributed by atoms with van der Waals surface area (Å²) < 4.78 is 5.77. The number of carbonyl (C=O) groups excluding carboxylic acids is 1. The number of likely N-dealkylation sites (tertiary alicyclic amines) is 1. The number of nitrogens with zero attached hydrogens (tertiary/aromatic N) is 1. The third-order valence-electron chi connectivity index (χ3n) is 6.07. The highest BCUT2D eigenvalue weighted by Gasteiger charge is 2.21. The van der Waals surface area contributed by atoms with Crippen LogP contribution in [0.3, 0.4) is 0 Å². The van der Waals surface area contributed by atoms with Gasteiger partial charge >= 0.3 is 5.97 Å². The standard InChI is InChI=1S/C26H27Cl2NO2/c27-21-11-12-24(25(28)17-21)26(30)31-18-20(13-16-29-14-4-1-5-15-29)23-10-6-8-19-7-2-3-9-22(19)23/h2-3,6-12,17,20H,1,4-5,13-16,18H2. The second-order valence-electron chi connectivity index (χ2n) is 8.18. The Morgan fingerprint density at radius 3 is 2.55 bits per heavy atom. The van der Waals surface area contributed by atoms with Crippen molar-refractivity contribution in [3.63, 3.8) is 0 Å². The van der Waals surface area contributed by atoms with E-state index in [0.717, 1.165) is 26.1 Å². The third-order valence-corrected chi connectivity index (χ3v) is 6.62. The van der Waals surface area contributed by atoms with Crippen LogP contribution < -0.4 is 0 Å². The van der Waals surface area contributed by atoms with Crippen LogP contribution in [-0.2, 0) is 4.74 Å². The van der Waals surface area contributed by atoms with E-state index < -0.39 is 5.97 Å². The molecule has 0 saturated carbocycles. The Balaban J connectivity index is 1.53. The first-order chi connectivity index (χ1) is 15.1. The second-order valence-corrected chi connectivity index (χ2v) is 9.02. The van der Waals surface area contributed by atoms with Gasteiger partial charge in [-0.25, -0.2) is 4.79 Å². The summed E-state index contributed by atoms with van der Waals surface area (Å²) in [5.74, 6) is -0.298. The minimum atomic E-state index is -0.412. The van der Waals surface area contributed by atoms with Crippen molar-refractivity contribution in [3.05, 3.63) is 81.8 Å². The lowest BCUT2D eigenvalue weighted by Gasteiger charge is -2.28. The van der Waals surface area contributed by atoms with E-state index in [1.54, 1.807) is 18.2 Å². The molecule has 1 aliphatic rings. The summed E-state index contributed by atoms with van der Waals surface area (Å²) in [7, 11) is 0. The van der Waals surface area contributed by atoms with Gasteiger partial charge in [-0.2, -0.15) is 0 Å². The Morgan fingerprint density at radius 1 is 0.968 bits per heavy atom. The Morgan fingerprint density at radius 2 is 1.74 bits per heavy atom. The molecule has 0 radical (unpaired) electrons. The van der Waals surface area contributed by atoms with Gasteiger partial charge in [0.1, 0.15) is 0 Å². The molecule has 3 aromatic carbocycles. The fourth-order valence-electron chi connectivity index (χ4n) is 4.37. The van der Waals surface area contributed by atoms with E-state index >= 15 is 0 Å². The lowest BCUT2D eigenvalue weighted by molar-refractivity contribution is 0.0470. The molecule has 1 atom stereocenters. The van der Waals surface area contributed by atoms with Gasteiger partial charge in [-0.1, -0.05) is 72.1 Å². The summed E-state index contributed by atoms with van der Waals surface area (Å²) in [5.41, 5.74) is 1.57. The number of esters is 1. The molecule has 0 bridgehead atoms. The molecule has 1 heterocycles. The number of carbonyl (C=O) groups is 1. The first-order valence-corrected chi connectivity index (χ1v) is 11.7. The Hall–Kier alpha value is -2.07. The molecule has 1 aliphatic heterocycles. The van der Waals surface area contributed by atoms with Crippen molar-refractivity contribution in [2.75, 3.05) is 26.2 Å². The summed E-state index contributed by atoms with van der Waals surface area (Å²) in [5, 5.41) is 3.23. The van der Waals surface area contributed by atoms with E-state index in [1.807, 2.05) is 0 Å². The maximum absolute atomic E-state index is 12.7. The molecular formula is C26H27Cl2NO2. The molecular weight excluding hydrogens is 429 g/mol. The van der Waals surface area contributed by atoms with Gasteiger partial charge in [0.15, 0.2) is 0 Å². The normalized spacial score (nSPS) is 15.7.